The fourth-order valence-electron chi connectivity index (χ4n) is 1.17. The van der Waals surface area contributed by atoms with Crippen molar-refractivity contribution in [2.45, 2.75) is 20.3 Å². The van der Waals surface area contributed by atoms with Gasteiger partial charge in [0, 0.05) is 10.6 Å². The zero-order valence-corrected chi connectivity index (χ0v) is 9.80. The first-order valence-electron chi connectivity index (χ1n) is 4.87. The van der Waals surface area contributed by atoms with Crippen molar-refractivity contribution < 1.29 is 4.79 Å². The molecule has 0 aliphatic heterocycles. The summed E-state index contributed by atoms with van der Waals surface area (Å²) >= 11 is 1.60. The highest BCUT2D eigenvalue weighted by molar-refractivity contribution is 7.10. The first-order chi connectivity index (χ1) is 7.26. The van der Waals surface area contributed by atoms with E-state index >= 15 is 0 Å². The van der Waals surface area contributed by atoms with Crippen molar-refractivity contribution in [1.29, 1.82) is 0 Å². The van der Waals surface area contributed by atoms with E-state index < -0.39 is 0 Å². The summed E-state index contributed by atoms with van der Waals surface area (Å²) in [6, 6.07) is 3.92. The number of hydrogen-bond donors (Lipinski definition) is 1. The quantitative estimate of drug-likeness (QED) is 0.778. The Bertz CT molecular complexity index is 363. The van der Waals surface area contributed by atoms with Crippen LogP contribution in [0.1, 0.15) is 18.7 Å². The van der Waals surface area contributed by atoms with Gasteiger partial charge in [-0.1, -0.05) is 18.2 Å². The second-order valence-electron chi connectivity index (χ2n) is 3.05. The first kappa shape index (κ1) is 11.7. The topological polar surface area (TPSA) is 29.1 Å². The number of nitrogens with one attached hydrogen (secondary N) is 1. The maximum absolute atomic E-state index is 11.6. The SMILES string of the molecule is C/C=C\C(=C/C)NC(=O)Cc1cccs1. The molecule has 1 aromatic heterocycles. The summed E-state index contributed by atoms with van der Waals surface area (Å²) in [4.78, 5) is 12.7. The molecule has 0 saturated carbocycles. The average molecular weight is 221 g/mol. The van der Waals surface area contributed by atoms with E-state index in [0.717, 1.165) is 10.6 Å². The highest BCUT2D eigenvalue weighted by Gasteiger charge is 2.04. The largest absolute Gasteiger partial charge is 0.326 e. The molecule has 1 rings (SSSR count). The summed E-state index contributed by atoms with van der Waals surface area (Å²) in [7, 11) is 0. The molecule has 1 aromatic rings. The average Bonchev–Trinajstić information content (AvgIpc) is 2.69. The van der Waals surface area contributed by atoms with Crippen molar-refractivity contribution in [3.63, 3.8) is 0 Å². The molecule has 1 N–H and O–H groups in total. The molecule has 0 radical (unpaired) electrons. The van der Waals surface area contributed by atoms with Gasteiger partial charge >= 0.3 is 0 Å². The Morgan fingerprint density at radius 1 is 1.53 bits per heavy atom. The third-order valence-electron chi connectivity index (χ3n) is 1.86. The zero-order valence-electron chi connectivity index (χ0n) is 8.99. The van der Waals surface area contributed by atoms with Crippen LogP contribution >= 0.6 is 11.3 Å². The van der Waals surface area contributed by atoms with E-state index in [-0.39, 0.29) is 5.91 Å². The van der Waals surface area contributed by atoms with Crippen molar-refractivity contribution in [3.8, 4) is 0 Å². The van der Waals surface area contributed by atoms with E-state index in [1.54, 1.807) is 11.3 Å². The molecule has 15 heavy (non-hydrogen) atoms. The molecule has 2 nitrogen and oxygen atoms in total. The molecule has 0 saturated heterocycles. The van der Waals surface area contributed by atoms with Gasteiger partial charge in [-0.3, -0.25) is 4.79 Å². The van der Waals surface area contributed by atoms with Crippen LogP contribution in [0.15, 0.2) is 41.4 Å². The van der Waals surface area contributed by atoms with E-state index in [0.29, 0.717) is 6.42 Å². The number of carbonyl (C=O) groups is 1. The first-order valence-corrected chi connectivity index (χ1v) is 5.75. The number of hydrogen-bond acceptors (Lipinski definition) is 2. The maximum Gasteiger partial charge on any atom is 0.229 e. The van der Waals surface area contributed by atoms with Crippen molar-refractivity contribution in [1.82, 2.24) is 5.32 Å². The van der Waals surface area contributed by atoms with Crippen LogP contribution in [0.25, 0.3) is 0 Å². The van der Waals surface area contributed by atoms with Gasteiger partial charge < -0.3 is 5.32 Å². The van der Waals surface area contributed by atoms with Crippen LogP contribution in [0.5, 0.6) is 0 Å². The molecule has 1 heterocycles. The number of amides is 1. The molecule has 80 valence electrons. The lowest BCUT2D eigenvalue weighted by atomic mass is 10.3. The van der Waals surface area contributed by atoms with Crippen LogP contribution in [0.2, 0.25) is 0 Å². The molecule has 0 aromatic carbocycles. The van der Waals surface area contributed by atoms with E-state index in [2.05, 4.69) is 5.32 Å². The zero-order chi connectivity index (χ0) is 11.1. The Labute approximate surface area is 94.3 Å². The van der Waals surface area contributed by atoms with Gasteiger partial charge in [-0.2, -0.15) is 0 Å². The number of carbonyl (C=O) groups excluding carboxylic acids is 1. The minimum Gasteiger partial charge on any atom is -0.326 e. The fraction of sp³-hybridized carbons (Fsp3) is 0.250. The Hall–Kier alpha value is -1.35. The van der Waals surface area contributed by atoms with Crippen LogP contribution < -0.4 is 5.32 Å². The third kappa shape index (κ3) is 4.13. The van der Waals surface area contributed by atoms with Crippen molar-refractivity contribution in [3.05, 3.63) is 46.3 Å². The standard InChI is InChI=1S/C12H15NOS/c1-3-6-10(4-2)13-12(14)9-11-7-5-8-15-11/h3-8H,9H2,1-2H3,(H,13,14)/b6-3-,10-4+. The van der Waals surface area contributed by atoms with Gasteiger partial charge in [0.25, 0.3) is 0 Å². The molecule has 0 unspecified atom stereocenters. The van der Waals surface area contributed by atoms with Gasteiger partial charge in [0.1, 0.15) is 0 Å². The smallest absolute Gasteiger partial charge is 0.229 e. The van der Waals surface area contributed by atoms with Gasteiger partial charge in [0.15, 0.2) is 0 Å². The maximum atomic E-state index is 11.6. The minimum absolute atomic E-state index is 0.0312. The summed E-state index contributed by atoms with van der Waals surface area (Å²) in [5.74, 6) is 0.0312. The second kappa shape index (κ2) is 6.19. The molecule has 0 spiro atoms. The third-order valence-corrected chi connectivity index (χ3v) is 2.73. The van der Waals surface area contributed by atoms with E-state index in [9.17, 15) is 4.79 Å². The Kier molecular flexibility index (Phi) is 4.84. The lowest BCUT2D eigenvalue weighted by molar-refractivity contribution is -0.119. The monoisotopic (exact) mass is 221 g/mol. The highest BCUT2D eigenvalue weighted by atomic mass is 32.1. The lowest BCUT2D eigenvalue weighted by Crippen LogP contribution is -2.23. The molecular formula is C12H15NOS. The van der Waals surface area contributed by atoms with Gasteiger partial charge in [-0.25, -0.2) is 0 Å². The van der Waals surface area contributed by atoms with Crippen LogP contribution in [-0.2, 0) is 11.2 Å². The van der Waals surface area contributed by atoms with Gasteiger partial charge in [0.2, 0.25) is 5.91 Å². The summed E-state index contributed by atoms with van der Waals surface area (Å²) < 4.78 is 0. The van der Waals surface area contributed by atoms with Gasteiger partial charge in [-0.05, 0) is 31.4 Å². The van der Waals surface area contributed by atoms with Crippen LogP contribution in [0, 0.1) is 0 Å². The lowest BCUT2D eigenvalue weighted by Gasteiger charge is -2.04. The summed E-state index contributed by atoms with van der Waals surface area (Å²) in [6.45, 7) is 3.83. The van der Waals surface area contributed by atoms with Crippen molar-refractivity contribution >= 4 is 17.2 Å². The second-order valence-corrected chi connectivity index (χ2v) is 4.08. The van der Waals surface area contributed by atoms with Crippen LogP contribution in [0.4, 0.5) is 0 Å². The predicted octanol–water partition coefficient (Wildman–Crippen LogP) is 2.89. The molecule has 1 amide bonds. The molecule has 0 aliphatic carbocycles. The molecule has 0 atom stereocenters. The van der Waals surface area contributed by atoms with Crippen molar-refractivity contribution in [2.24, 2.45) is 0 Å². The Balaban J connectivity index is 2.49. The Morgan fingerprint density at radius 3 is 2.87 bits per heavy atom. The Morgan fingerprint density at radius 2 is 2.33 bits per heavy atom. The summed E-state index contributed by atoms with van der Waals surface area (Å²) in [5, 5.41) is 4.83. The minimum atomic E-state index is 0.0312. The summed E-state index contributed by atoms with van der Waals surface area (Å²) in [5.41, 5.74) is 0.846. The number of allylic oxidation sites excluding steroid dienone is 3. The molecule has 0 bridgehead atoms. The van der Waals surface area contributed by atoms with Crippen molar-refractivity contribution in [2.75, 3.05) is 0 Å². The normalized spacial score (nSPS) is 12.0. The van der Waals surface area contributed by atoms with E-state index in [4.69, 9.17) is 0 Å². The van der Waals surface area contributed by atoms with E-state index in [1.165, 1.54) is 0 Å². The number of thiophene rings is 1. The van der Waals surface area contributed by atoms with E-state index in [1.807, 2.05) is 49.6 Å². The van der Waals surface area contributed by atoms with Crippen LogP contribution in [0.3, 0.4) is 0 Å². The molecule has 0 fully saturated rings. The molecule has 0 aliphatic rings. The fourth-order valence-corrected chi connectivity index (χ4v) is 1.87. The highest BCUT2D eigenvalue weighted by Crippen LogP contribution is 2.09. The van der Waals surface area contributed by atoms with Gasteiger partial charge in [-0.15, -0.1) is 11.3 Å². The van der Waals surface area contributed by atoms with Crippen LogP contribution in [-0.4, -0.2) is 5.91 Å². The predicted molar refractivity (Wildman–Crippen MR) is 64.7 cm³/mol. The molecular weight excluding hydrogens is 206 g/mol. The molecule has 3 heteroatoms. The van der Waals surface area contributed by atoms with Gasteiger partial charge in [0.05, 0.1) is 6.42 Å². The number of rotatable bonds is 4. The summed E-state index contributed by atoms with van der Waals surface area (Å²) in [6.07, 6.45) is 6.12.